The van der Waals surface area contributed by atoms with Gasteiger partial charge in [-0.3, -0.25) is 9.89 Å². The maximum atomic E-state index is 12.2. The van der Waals surface area contributed by atoms with Crippen molar-refractivity contribution in [3.8, 4) is 0 Å². The van der Waals surface area contributed by atoms with E-state index in [9.17, 15) is 9.18 Å². The van der Waals surface area contributed by atoms with Crippen molar-refractivity contribution >= 4 is 39.1 Å². The molecule has 1 aromatic heterocycles. The van der Waals surface area contributed by atoms with E-state index in [0.29, 0.717) is 25.3 Å². The third kappa shape index (κ3) is 7.20. The summed E-state index contributed by atoms with van der Waals surface area (Å²) in [5.74, 6) is 0.209. The van der Waals surface area contributed by atoms with Gasteiger partial charge in [0.25, 0.3) is 0 Å². The number of benzene rings is 1. The van der Waals surface area contributed by atoms with E-state index in [1.807, 2.05) is 5.38 Å². The molecule has 0 unspecified atom stereocenters. The molecule has 2 aliphatic rings. The first-order valence-corrected chi connectivity index (χ1v) is 11.6. The standard InChI is InChI=1S/C15H20N4O3S.C6H4BrF/c1-2-22-15(20)11-9-17-13(14-16-3-8-23-14)18-12(11)10-19-4-6-21-7-5-19;7-5-2-1-3-6(8)4-5/h3,8H,2,4-7,9-10H2,1H3,(H,17,18);1-4H. The van der Waals surface area contributed by atoms with Crippen LogP contribution in [0.2, 0.25) is 0 Å². The van der Waals surface area contributed by atoms with Crippen molar-refractivity contribution in [2.75, 3.05) is 46.0 Å². The number of esters is 1. The molecule has 1 N–H and O–H groups in total. The van der Waals surface area contributed by atoms with Crippen LogP contribution in [0.1, 0.15) is 11.9 Å². The number of ether oxygens (including phenoxy) is 2. The first-order chi connectivity index (χ1) is 15.1. The second-order valence-corrected chi connectivity index (χ2v) is 8.44. The van der Waals surface area contributed by atoms with Crippen LogP contribution in [0.5, 0.6) is 0 Å². The zero-order valence-electron chi connectivity index (χ0n) is 17.1. The van der Waals surface area contributed by atoms with Gasteiger partial charge in [0.2, 0.25) is 0 Å². The van der Waals surface area contributed by atoms with Gasteiger partial charge in [0.15, 0.2) is 10.8 Å². The highest BCUT2D eigenvalue weighted by Gasteiger charge is 2.25. The summed E-state index contributed by atoms with van der Waals surface area (Å²) in [6.07, 6.45) is 1.75. The maximum absolute atomic E-state index is 12.2. The van der Waals surface area contributed by atoms with E-state index in [2.05, 4.69) is 36.1 Å². The molecular formula is C21H24BrFN4O3S. The number of aromatic nitrogens is 1. The molecule has 0 aliphatic carbocycles. The summed E-state index contributed by atoms with van der Waals surface area (Å²) in [5, 5.41) is 6.02. The molecule has 3 heterocycles. The Morgan fingerprint density at radius 1 is 1.39 bits per heavy atom. The van der Waals surface area contributed by atoms with Gasteiger partial charge in [0.1, 0.15) is 5.82 Å². The van der Waals surface area contributed by atoms with Crippen molar-refractivity contribution in [3.05, 3.63) is 62.4 Å². The minimum absolute atomic E-state index is 0.209. The summed E-state index contributed by atoms with van der Waals surface area (Å²) < 4.78 is 23.5. The van der Waals surface area contributed by atoms with E-state index >= 15 is 0 Å². The number of thiazole rings is 1. The molecule has 31 heavy (non-hydrogen) atoms. The first-order valence-electron chi connectivity index (χ1n) is 9.88. The third-order valence-corrected chi connectivity index (χ3v) is 5.73. The first kappa shape index (κ1) is 23.5. The lowest BCUT2D eigenvalue weighted by Gasteiger charge is -2.30. The lowest BCUT2D eigenvalue weighted by atomic mass is 10.1. The van der Waals surface area contributed by atoms with Gasteiger partial charge in [0.05, 0.1) is 31.9 Å². The Morgan fingerprint density at radius 2 is 2.19 bits per heavy atom. The number of amidine groups is 1. The summed E-state index contributed by atoms with van der Waals surface area (Å²) >= 11 is 4.64. The van der Waals surface area contributed by atoms with Crippen LogP contribution in [0.15, 0.2) is 56.6 Å². The molecule has 166 valence electrons. The van der Waals surface area contributed by atoms with Gasteiger partial charge in [-0.15, -0.1) is 11.3 Å². The Morgan fingerprint density at radius 3 is 2.81 bits per heavy atom. The average molecular weight is 511 g/mol. The Bertz CT molecular complexity index is 913. The van der Waals surface area contributed by atoms with Crippen LogP contribution in [0, 0.1) is 5.82 Å². The molecule has 0 amide bonds. The number of halogens is 2. The summed E-state index contributed by atoms with van der Waals surface area (Å²) in [4.78, 5) is 23.2. The lowest BCUT2D eigenvalue weighted by molar-refractivity contribution is -0.138. The smallest absolute Gasteiger partial charge is 0.337 e. The fourth-order valence-corrected chi connectivity index (χ4v) is 3.93. The molecule has 2 aliphatic heterocycles. The van der Waals surface area contributed by atoms with Crippen molar-refractivity contribution < 1.29 is 18.7 Å². The topological polar surface area (TPSA) is 76.0 Å². The summed E-state index contributed by atoms with van der Waals surface area (Å²) in [7, 11) is 0. The SMILES string of the molecule is CCOC(=O)C1=C(CN2CCOCC2)NC(c2nccs2)=NC1.Fc1cccc(Br)c1. The van der Waals surface area contributed by atoms with E-state index in [-0.39, 0.29) is 11.8 Å². The van der Waals surface area contributed by atoms with Gasteiger partial charge in [-0.05, 0) is 25.1 Å². The maximum Gasteiger partial charge on any atom is 0.337 e. The average Bonchev–Trinajstić information content (AvgIpc) is 3.30. The van der Waals surface area contributed by atoms with Crippen LogP contribution in [0.25, 0.3) is 0 Å². The predicted octanol–water partition coefficient (Wildman–Crippen LogP) is 3.23. The molecule has 1 aromatic carbocycles. The summed E-state index contributed by atoms with van der Waals surface area (Å²) in [5.41, 5.74) is 1.45. The molecule has 0 spiro atoms. The van der Waals surface area contributed by atoms with E-state index < -0.39 is 0 Å². The fraction of sp³-hybridized carbons (Fsp3) is 0.381. The highest BCUT2D eigenvalue weighted by molar-refractivity contribution is 9.10. The number of nitrogens with one attached hydrogen (secondary N) is 1. The Kier molecular flexibility index (Phi) is 9.13. The van der Waals surface area contributed by atoms with Gasteiger partial charge >= 0.3 is 5.97 Å². The Hall–Kier alpha value is -2.14. The number of rotatable bonds is 5. The minimum atomic E-state index is -0.301. The molecule has 0 radical (unpaired) electrons. The lowest BCUT2D eigenvalue weighted by Crippen LogP contribution is -2.43. The molecule has 1 fully saturated rings. The van der Waals surface area contributed by atoms with E-state index in [4.69, 9.17) is 9.47 Å². The quantitative estimate of drug-likeness (QED) is 0.622. The molecular weight excluding hydrogens is 487 g/mol. The number of carbonyl (C=O) groups is 1. The zero-order valence-corrected chi connectivity index (χ0v) is 19.5. The highest BCUT2D eigenvalue weighted by Crippen LogP contribution is 2.16. The van der Waals surface area contributed by atoms with E-state index in [1.54, 1.807) is 25.3 Å². The minimum Gasteiger partial charge on any atom is -0.463 e. The molecule has 0 atom stereocenters. The van der Waals surface area contributed by atoms with Crippen molar-refractivity contribution in [2.24, 2.45) is 4.99 Å². The summed E-state index contributed by atoms with van der Waals surface area (Å²) in [6.45, 7) is 6.28. The van der Waals surface area contributed by atoms with Crippen molar-refractivity contribution in [1.29, 1.82) is 0 Å². The number of nitrogens with zero attached hydrogens (tertiary/aromatic N) is 3. The van der Waals surface area contributed by atoms with Crippen LogP contribution in [-0.2, 0) is 14.3 Å². The van der Waals surface area contributed by atoms with Crippen molar-refractivity contribution in [2.45, 2.75) is 6.92 Å². The molecule has 1 saturated heterocycles. The second kappa shape index (κ2) is 12.0. The fourth-order valence-electron chi connectivity index (χ4n) is 2.96. The summed E-state index contributed by atoms with van der Waals surface area (Å²) in [6, 6.07) is 6.26. The van der Waals surface area contributed by atoms with Gasteiger partial charge in [-0.1, -0.05) is 22.0 Å². The van der Waals surface area contributed by atoms with Crippen LogP contribution >= 0.6 is 27.3 Å². The molecule has 4 rings (SSSR count). The van der Waals surface area contributed by atoms with Crippen LogP contribution < -0.4 is 5.32 Å². The van der Waals surface area contributed by atoms with Crippen LogP contribution in [-0.4, -0.2) is 67.7 Å². The van der Waals surface area contributed by atoms with Gasteiger partial charge in [-0.25, -0.2) is 14.2 Å². The number of aliphatic imine (C=N–C) groups is 1. The monoisotopic (exact) mass is 510 g/mol. The molecule has 2 aromatic rings. The number of carbonyl (C=O) groups excluding carboxylic acids is 1. The van der Waals surface area contributed by atoms with Gasteiger partial charge in [0, 0.05) is 41.4 Å². The largest absolute Gasteiger partial charge is 0.463 e. The molecule has 0 bridgehead atoms. The van der Waals surface area contributed by atoms with E-state index in [1.165, 1.54) is 23.5 Å². The Balaban J connectivity index is 0.000000287. The second-order valence-electron chi connectivity index (χ2n) is 6.63. The predicted molar refractivity (Wildman–Crippen MR) is 122 cm³/mol. The normalized spacial score (nSPS) is 16.7. The number of hydrogen-bond acceptors (Lipinski definition) is 8. The van der Waals surface area contributed by atoms with Crippen molar-refractivity contribution in [1.82, 2.24) is 15.2 Å². The van der Waals surface area contributed by atoms with Gasteiger partial charge in [-0.2, -0.15) is 0 Å². The van der Waals surface area contributed by atoms with Crippen LogP contribution in [0.3, 0.4) is 0 Å². The third-order valence-electron chi connectivity index (χ3n) is 4.46. The van der Waals surface area contributed by atoms with Crippen LogP contribution in [0.4, 0.5) is 4.39 Å². The molecule has 7 nitrogen and oxygen atoms in total. The highest BCUT2D eigenvalue weighted by atomic mass is 79.9. The molecule has 0 saturated carbocycles. The molecule has 10 heteroatoms. The Labute approximate surface area is 193 Å². The van der Waals surface area contributed by atoms with Crippen molar-refractivity contribution in [3.63, 3.8) is 0 Å². The van der Waals surface area contributed by atoms with E-state index in [0.717, 1.165) is 47.3 Å². The van der Waals surface area contributed by atoms with Gasteiger partial charge < -0.3 is 14.8 Å². The number of hydrogen-bond donors (Lipinski definition) is 1. The zero-order chi connectivity index (χ0) is 22.1. The number of morpholine rings is 1.